The number of hydrogen-bond acceptors (Lipinski definition) is 6. The van der Waals surface area contributed by atoms with E-state index in [-0.39, 0.29) is 23.8 Å². The Morgan fingerprint density at radius 1 is 1.06 bits per heavy atom. The maximum atomic E-state index is 12.3. The van der Waals surface area contributed by atoms with Crippen LogP contribution in [0.3, 0.4) is 0 Å². The molecule has 1 aliphatic heterocycles. The van der Waals surface area contributed by atoms with Crippen molar-refractivity contribution in [1.29, 1.82) is 0 Å². The van der Waals surface area contributed by atoms with Gasteiger partial charge in [0.2, 0.25) is 5.91 Å². The SMILES string of the molecule is CS(=O)(=O)CCC(=O)N1CCN(c2cc(-c3ccc(OC(F)(F)F)cc3)ccn2)CC1. The predicted octanol–water partition coefficient (Wildman–Crippen LogP) is 2.73. The van der Waals surface area contributed by atoms with Gasteiger partial charge in [0.15, 0.2) is 0 Å². The molecule has 168 valence electrons. The van der Waals surface area contributed by atoms with E-state index >= 15 is 0 Å². The van der Waals surface area contributed by atoms with Crippen molar-refractivity contribution in [2.24, 2.45) is 0 Å². The Bertz CT molecular complexity index is 1020. The topological polar surface area (TPSA) is 79.8 Å². The van der Waals surface area contributed by atoms with Crippen molar-refractivity contribution in [3.63, 3.8) is 0 Å². The maximum Gasteiger partial charge on any atom is 0.573 e. The fraction of sp³-hybridized carbons (Fsp3) is 0.400. The monoisotopic (exact) mass is 457 g/mol. The van der Waals surface area contributed by atoms with Crippen LogP contribution in [0.2, 0.25) is 0 Å². The zero-order valence-electron chi connectivity index (χ0n) is 16.8. The van der Waals surface area contributed by atoms with Crippen LogP contribution in [0.4, 0.5) is 19.0 Å². The number of pyridine rings is 1. The Morgan fingerprint density at radius 2 is 1.71 bits per heavy atom. The van der Waals surface area contributed by atoms with Gasteiger partial charge >= 0.3 is 6.36 Å². The molecule has 2 aromatic rings. The van der Waals surface area contributed by atoms with Gasteiger partial charge < -0.3 is 14.5 Å². The first-order chi connectivity index (χ1) is 14.5. The lowest BCUT2D eigenvalue weighted by Gasteiger charge is -2.35. The second kappa shape index (κ2) is 9.13. The first-order valence-corrected chi connectivity index (χ1v) is 11.6. The van der Waals surface area contributed by atoms with Gasteiger partial charge in [-0.05, 0) is 35.4 Å². The molecule has 0 spiro atoms. The van der Waals surface area contributed by atoms with Gasteiger partial charge in [0.1, 0.15) is 21.4 Å². The number of rotatable bonds is 6. The third kappa shape index (κ3) is 6.84. The summed E-state index contributed by atoms with van der Waals surface area (Å²) in [6.45, 7) is 1.99. The molecule has 0 aliphatic carbocycles. The molecule has 1 amide bonds. The molecule has 2 heterocycles. The van der Waals surface area contributed by atoms with Gasteiger partial charge in [-0.25, -0.2) is 13.4 Å². The van der Waals surface area contributed by atoms with Crippen LogP contribution < -0.4 is 9.64 Å². The van der Waals surface area contributed by atoms with Crippen molar-refractivity contribution < 1.29 is 31.1 Å². The highest BCUT2D eigenvalue weighted by Gasteiger charge is 2.31. The zero-order chi connectivity index (χ0) is 22.6. The van der Waals surface area contributed by atoms with E-state index in [0.717, 1.165) is 11.8 Å². The van der Waals surface area contributed by atoms with Crippen molar-refractivity contribution in [2.75, 3.05) is 43.1 Å². The van der Waals surface area contributed by atoms with E-state index < -0.39 is 16.2 Å². The Kier molecular flexibility index (Phi) is 6.73. The fourth-order valence-corrected chi connectivity index (χ4v) is 3.78. The van der Waals surface area contributed by atoms with Crippen LogP contribution in [0.25, 0.3) is 11.1 Å². The summed E-state index contributed by atoms with van der Waals surface area (Å²) in [5.41, 5.74) is 1.50. The summed E-state index contributed by atoms with van der Waals surface area (Å²) in [6.07, 6.45) is -2.04. The van der Waals surface area contributed by atoms with Crippen molar-refractivity contribution in [3.05, 3.63) is 42.6 Å². The number of anilines is 1. The van der Waals surface area contributed by atoms with Crippen LogP contribution in [0.1, 0.15) is 6.42 Å². The summed E-state index contributed by atoms with van der Waals surface area (Å²) in [4.78, 5) is 20.2. The van der Waals surface area contributed by atoms with Crippen molar-refractivity contribution in [3.8, 4) is 16.9 Å². The average Bonchev–Trinajstić information content (AvgIpc) is 2.71. The van der Waals surface area contributed by atoms with Crippen molar-refractivity contribution in [2.45, 2.75) is 12.8 Å². The Morgan fingerprint density at radius 3 is 2.29 bits per heavy atom. The van der Waals surface area contributed by atoms with E-state index in [2.05, 4.69) is 9.72 Å². The molecule has 1 aromatic carbocycles. The summed E-state index contributed by atoms with van der Waals surface area (Å²) >= 11 is 0. The van der Waals surface area contributed by atoms with Crippen LogP contribution in [0, 0.1) is 0 Å². The molecule has 1 aliphatic rings. The molecule has 7 nitrogen and oxygen atoms in total. The lowest BCUT2D eigenvalue weighted by Crippen LogP contribution is -2.49. The molecule has 1 saturated heterocycles. The minimum absolute atomic E-state index is 0.0272. The van der Waals surface area contributed by atoms with E-state index in [4.69, 9.17) is 0 Å². The quantitative estimate of drug-likeness (QED) is 0.664. The van der Waals surface area contributed by atoms with Crippen LogP contribution in [-0.4, -0.2) is 68.8 Å². The lowest BCUT2D eigenvalue weighted by atomic mass is 10.1. The summed E-state index contributed by atoms with van der Waals surface area (Å²) in [5.74, 6) is 0.0501. The molecular formula is C20H22F3N3O4S. The van der Waals surface area contributed by atoms with Gasteiger partial charge in [0, 0.05) is 45.1 Å². The summed E-state index contributed by atoms with van der Waals surface area (Å²) in [5, 5.41) is 0. The van der Waals surface area contributed by atoms with Gasteiger partial charge in [0.05, 0.1) is 5.75 Å². The lowest BCUT2D eigenvalue weighted by molar-refractivity contribution is -0.274. The molecule has 31 heavy (non-hydrogen) atoms. The summed E-state index contributed by atoms with van der Waals surface area (Å²) in [6, 6.07) is 9.18. The molecule has 0 radical (unpaired) electrons. The molecule has 0 saturated carbocycles. The number of sulfone groups is 1. The molecule has 0 unspecified atom stereocenters. The van der Waals surface area contributed by atoms with Gasteiger partial charge in [-0.2, -0.15) is 0 Å². The molecular weight excluding hydrogens is 435 g/mol. The van der Waals surface area contributed by atoms with Gasteiger partial charge in [-0.15, -0.1) is 13.2 Å². The number of benzene rings is 1. The van der Waals surface area contributed by atoms with Crippen LogP contribution >= 0.6 is 0 Å². The maximum absolute atomic E-state index is 12.3. The standard InChI is InChI=1S/C20H22F3N3O4S/c1-31(28,29)13-7-19(27)26-11-9-25(10-12-26)18-14-16(6-8-24-18)15-2-4-17(5-3-15)30-20(21,22)23/h2-6,8,14H,7,9-13H2,1H3. The van der Waals surface area contributed by atoms with Gasteiger partial charge in [-0.3, -0.25) is 4.79 Å². The van der Waals surface area contributed by atoms with Crippen LogP contribution in [0.5, 0.6) is 5.75 Å². The molecule has 0 atom stereocenters. The highest BCUT2D eigenvalue weighted by atomic mass is 32.2. The fourth-order valence-electron chi connectivity index (χ4n) is 3.24. The number of carbonyl (C=O) groups excluding carboxylic acids is 1. The number of ether oxygens (including phenoxy) is 1. The zero-order valence-corrected chi connectivity index (χ0v) is 17.6. The number of carbonyl (C=O) groups is 1. The first kappa shape index (κ1) is 22.9. The second-order valence-electron chi connectivity index (χ2n) is 7.22. The third-order valence-corrected chi connectivity index (χ3v) is 5.76. The summed E-state index contributed by atoms with van der Waals surface area (Å²) < 4.78 is 63.3. The minimum atomic E-state index is -4.74. The number of halogens is 3. The number of amides is 1. The molecule has 1 aromatic heterocycles. The van der Waals surface area contributed by atoms with E-state index in [0.29, 0.717) is 37.6 Å². The highest BCUT2D eigenvalue weighted by molar-refractivity contribution is 7.90. The largest absolute Gasteiger partial charge is 0.573 e. The predicted molar refractivity (Wildman–Crippen MR) is 109 cm³/mol. The molecule has 3 rings (SSSR count). The van der Waals surface area contributed by atoms with Crippen LogP contribution in [-0.2, 0) is 14.6 Å². The smallest absolute Gasteiger partial charge is 0.406 e. The Hall–Kier alpha value is -2.82. The molecule has 0 bridgehead atoms. The van der Waals surface area contributed by atoms with E-state index in [9.17, 15) is 26.4 Å². The summed E-state index contributed by atoms with van der Waals surface area (Å²) in [7, 11) is -3.19. The number of alkyl halides is 3. The Labute approximate surface area is 178 Å². The molecule has 0 N–H and O–H groups in total. The Balaban J connectivity index is 1.62. The van der Waals surface area contributed by atoms with Gasteiger partial charge in [-0.1, -0.05) is 12.1 Å². The minimum Gasteiger partial charge on any atom is -0.406 e. The number of hydrogen-bond donors (Lipinski definition) is 0. The van der Waals surface area contributed by atoms with Crippen molar-refractivity contribution >= 4 is 21.6 Å². The highest BCUT2D eigenvalue weighted by Crippen LogP contribution is 2.28. The van der Waals surface area contributed by atoms with Crippen molar-refractivity contribution in [1.82, 2.24) is 9.88 Å². The van der Waals surface area contributed by atoms with Crippen LogP contribution in [0.15, 0.2) is 42.6 Å². The number of aromatic nitrogens is 1. The molecule has 11 heteroatoms. The van der Waals surface area contributed by atoms with E-state index in [1.54, 1.807) is 29.3 Å². The van der Waals surface area contributed by atoms with E-state index in [1.165, 1.54) is 12.1 Å². The number of piperazine rings is 1. The van der Waals surface area contributed by atoms with Gasteiger partial charge in [0.25, 0.3) is 0 Å². The first-order valence-electron chi connectivity index (χ1n) is 9.53. The van der Waals surface area contributed by atoms with E-state index in [1.807, 2.05) is 11.0 Å². The normalized spacial score (nSPS) is 15.1. The average molecular weight is 457 g/mol. The molecule has 1 fully saturated rings. The number of nitrogens with zero attached hydrogens (tertiary/aromatic N) is 3. The third-order valence-electron chi connectivity index (χ3n) is 4.81. The second-order valence-corrected chi connectivity index (χ2v) is 9.48.